The predicted molar refractivity (Wildman–Crippen MR) is 94.6 cm³/mol. The number of rotatable bonds is 7. The van der Waals surface area contributed by atoms with E-state index in [4.69, 9.17) is 32.7 Å². The van der Waals surface area contributed by atoms with Crippen LogP contribution in [0, 0.1) is 0 Å². The maximum atomic E-state index is 11.7. The molecule has 0 radical (unpaired) electrons. The second-order valence-corrected chi connectivity index (χ2v) is 6.28. The van der Waals surface area contributed by atoms with Crippen LogP contribution in [0.25, 0.3) is 0 Å². The molecule has 0 saturated carbocycles. The average molecular weight is 419 g/mol. The Hall–Kier alpha value is -1.43. The van der Waals surface area contributed by atoms with Crippen molar-refractivity contribution in [2.24, 2.45) is 0 Å². The molecule has 1 amide bonds. The Balaban J connectivity index is 1.66. The Kier molecular flexibility index (Phi) is 7.02. The number of carbonyl (C=O) groups is 1. The van der Waals surface area contributed by atoms with Crippen LogP contribution in [0.15, 0.2) is 46.9 Å². The van der Waals surface area contributed by atoms with Crippen LogP contribution in [-0.4, -0.2) is 25.7 Å². The van der Waals surface area contributed by atoms with Gasteiger partial charge < -0.3 is 14.8 Å². The summed E-state index contributed by atoms with van der Waals surface area (Å²) < 4.78 is 11.7. The maximum absolute atomic E-state index is 11.7. The van der Waals surface area contributed by atoms with Gasteiger partial charge in [-0.2, -0.15) is 0 Å². The lowest BCUT2D eigenvalue weighted by Crippen LogP contribution is -2.32. The molecule has 7 heteroatoms. The van der Waals surface area contributed by atoms with Gasteiger partial charge in [0, 0.05) is 9.50 Å². The van der Waals surface area contributed by atoms with Crippen LogP contribution in [0.4, 0.5) is 0 Å². The molecule has 0 heterocycles. The zero-order valence-electron chi connectivity index (χ0n) is 12.0. The molecule has 0 aliphatic rings. The van der Waals surface area contributed by atoms with Gasteiger partial charge in [-0.3, -0.25) is 4.79 Å². The van der Waals surface area contributed by atoms with E-state index in [1.165, 1.54) is 0 Å². The van der Waals surface area contributed by atoms with E-state index in [1.54, 1.807) is 42.5 Å². The molecule has 2 rings (SSSR count). The Labute approximate surface area is 152 Å². The van der Waals surface area contributed by atoms with Gasteiger partial charge in [0.15, 0.2) is 6.61 Å². The zero-order valence-corrected chi connectivity index (χ0v) is 15.1. The van der Waals surface area contributed by atoms with Crippen LogP contribution in [0.3, 0.4) is 0 Å². The average Bonchev–Trinajstić information content (AvgIpc) is 2.52. The fourth-order valence-corrected chi connectivity index (χ4v) is 2.53. The van der Waals surface area contributed by atoms with E-state index in [-0.39, 0.29) is 12.5 Å². The smallest absolute Gasteiger partial charge is 0.258 e. The minimum Gasteiger partial charge on any atom is -0.492 e. The Morgan fingerprint density at radius 2 is 1.83 bits per heavy atom. The number of amides is 1. The fraction of sp³-hybridized carbons (Fsp3) is 0.188. The highest BCUT2D eigenvalue weighted by molar-refractivity contribution is 9.10. The molecule has 1 N–H and O–H groups in total. The standard InChI is InChI=1S/C16H14BrCl2NO3/c17-11-1-6-15(14(19)9-11)23-10-16(21)20-7-8-22-13-4-2-12(18)3-5-13/h1-6,9H,7-8,10H2,(H,20,21). The predicted octanol–water partition coefficient (Wildman–Crippen LogP) is 4.33. The zero-order chi connectivity index (χ0) is 16.7. The SMILES string of the molecule is O=C(COc1ccc(Br)cc1Cl)NCCOc1ccc(Cl)cc1. The van der Waals surface area contributed by atoms with Crippen molar-refractivity contribution >= 4 is 45.0 Å². The van der Waals surface area contributed by atoms with Gasteiger partial charge in [0.25, 0.3) is 5.91 Å². The van der Waals surface area contributed by atoms with Crippen molar-refractivity contribution in [2.75, 3.05) is 19.8 Å². The number of halogens is 3. The highest BCUT2D eigenvalue weighted by Gasteiger charge is 2.06. The molecule has 0 aromatic heterocycles. The first kappa shape index (κ1) is 17.9. The lowest BCUT2D eigenvalue weighted by molar-refractivity contribution is -0.123. The van der Waals surface area contributed by atoms with Gasteiger partial charge in [-0.15, -0.1) is 0 Å². The van der Waals surface area contributed by atoms with Gasteiger partial charge in [0.2, 0.25) is 0 Å². The van der Waals surface area contributed by atoms with Crippen LogP contribution in [0.5, 0.6) is 11.5 Å². The van der Waals surface area contributed by atoms with Gasteiger partial charge >= 0.3 is 0 Å². The van der Waals surface area contributed by atoms with Crippen molar-refractivity contribution in [3.05, 3.63) is 57.0 Å². The summed E-state index contributed by atoms with van der Waals surface area (Å²) in [5.41, 5.74) is 0. The summed E-state index contributed by atoms with van der Waals surface area (Å²) >= 11 is 15.1. The molecule has 122 valence electrons. The second kappa shape index (κ2) is 9.01. The van der Waals surface area contributed by atoms with Gasteiger partial charge in [0.05, 0.1) is 11.6 Å². The molecule has 2 aromatic carbocycles. The van der Waals surface area contributed by atoms with Crippen LogP contribution in [-0.2, 0) is 4.79 Å². The van der Waals surface area contributed by atoms with E-state index in [9.17, 15) is 4.79 Å². The first-order chi connectivity index (χ1) is 11.0. The minimum atomic E-state index is -0.247. The summed E-state index contributed by atoms with van der Waals surface area (Å²) in [6.07, 6.45) is 0. The molecule has 23 heavy (non-hydrogen) atoms. The molecule has 0 aliphatic carbocycles. The highest BCUT2D eigenvalue weighted by Crippen LogP contribution is 2.27. The highest BCUT2D eigenvalue weighted by atomic mass is 79.9. The number of ether oxygens (including phenoxy) is 2. The summed E-state index contributed by atoms with van der Waals surface area (Å²) in [4.78, 5) is 11.7. The third-order valence-electron chi connectivity index (χ3n) is 2.76. The molecule has 2 aromatic rings. The quantitative estimate of drug-likeness (QED) is 0.680. The van der Waals surface area contributed by atoms with Gasteiger partial charge in [0.1, 0.15) is 18.1 Å². The summed E-state index contributed by atoms with van der Waals surface area (Å²) in [5.74, 6) is 0.910. The normalized spacial score (nSPS) is 10.2. The van der Waals surface area contributed by atoms with Crippen LogP contribution < -0.4 is 14.8 Å². The van der Waals surface area contributed by atoms with E-state index in [0.29, 0.717) is 34.7 Å². The number of carbonyl (C=O) groups excluding carboxylic acids is 1. The molecule has 0 saturated heterocycles. The van der Waals surface area contributed by atoms with Gasteiger partial charge in [-0.1, -0.05) is 39.1 Å². The number of nitrogens with one attached hydrogen (secondary N) is 1. The largest absolute Gasteiger partial charge is 0.492 e. The van der Waals surface area contributed by atoms with E-state index in [1.807, 2.05) is 0 Å². The lowest BCUT2D eigenvalue weighted by Gasteiger charge is -2.10. The molecular formula is C16H14BrCl2NO3. The molecule has 0 aliphatic heterocycles. The third-order valence-corrected chi connectivity index (χ3v) is 3.80. The number of benzene rings is 2. The third kappa shape index (κ3) is 6.29. The maximum Gasteiger partial charge on any atom is 0.258 e. The molecule has 0 atom stereocenters. The van der Waals surface area contributed by atoms with Crippen LogP contribution in [0.1, 0.15) is 0 Å². The van der Waals surface area contributed by atoms with Crippen molar-refractivity contribution in [1.82, 2.24) is 5.32 Å². The number of hydrogen-bond acceptors (Lipinski definition) is 3. The Morgan fingerprint density at radius 1 is 1.09 bits per heavy atom. The van der Waals surface area contributed by atoms with E-state index in [0.717, 1.165) is 4.47 Å². The topological polar surface area (TPSA) is 47.6 Å². The van der Waals surface area contributed by atoms with Gasteiger partial charge in [-0.25, -0.2) is 0 Å². The van der Waals surface area contributed by atoms with E-state index < -0.39 is 0 Å². The van der Waals surface area contributed by atoms with E-state index in [2.05, 4.69) is 21.2 Å². The summed E-state index contributed by atoms with van der Waals surface area (Å²) in [7, 11) is 0. The van der Waals surface area contributed by atoms with Gasteiger partial charge in [-0.05, 0) is 42.5 Å². The minimum absolute atomic E-state index is 0.109. The summed E-state index contributed by atoms with van der Waals surface area (Å²) in [5, 5.41) is 3.79. The van der Waals surface area contributed by atoms with Crippen LogP contribution in [0.2, 0.25) is 10.0 Å². The summed E-state index contributed by atoms with van der Waals surface area (Å²) in [6.45, 7) is 0.619. The number of hydrogen-bond donors (Lipinski definition) is 1. The molecular weight excluding hydrogens is 405 g/mol. The molecule has 4 nitrogen and oxygen atoms in total. The second-order valence-electron chi connectivity index (χ2n) is 4.52. The Bertz CT molecular complexity index is 665. The van der Waals surface area contributed by atoms with E-state index >= 15 is 0 Å². The van der Waals surface area contributed by atoms with Crippen molar-refractivity contribution in [3.63, 3.8) is 0 Å². The van der Waals surface area contributed by atoms with Crippen molar-refractivity contribution < 1.29 is 14.3 Å². The Morgan fingerprint density at radius 3 is 2.52 bits per heavy atom. The van der Waals surface area contributed by atoms with Crippen molar-refractivity contribution in [3.8, 4) is 11.5 Å². The fourth-order valence-electron chi connectivity index (χ4n) is 1.68. The van der Waals surface area contributed by atoms with Crippen LogP contribution >= 0.6 is 39.1 Å². The monoisotopic (exact) mass is 417 g/mol. The van der Waals surface area contributed by atoms with Crippen molar-refractivity contribution in [1.29, 1.82) is 0 Å². The van der Waals surface area contributed by atoms with Crippen molar-refractivity contribution in [2.45, 2.75) is 0 Å². The molecule has 0 fully saturated rings. The molecule has 0 unspecified atom stereocenters. The lowest BCUT2D eigenvalue weighted by atomic mass is 10.3. The first-order valence-corrected chi connectivity index (χ1v) is 8.32. The molecule has 0 bridgehead atoms. The first-order valence-electron chi connectivity index (χ1n) is 6.77. The molecule has 0 spiro atoms. The summed E-state index contributed by atoms with van der Waals surface area (Å²) in [6, 6.07) is 12.2.